The van der Waals surface area contributed by atoms with Crippen molar-refractivity contribution >= 4 is 16.8 Å². The SMILES string of the molecule is COc1ccc2nnc3c(C)nc(-c4ccnn4C)n3c2n1. The summed E-state index contributed by atoms with van der Waals surface area (Å²) in [5, 5.41) is 12.7. The Kier molecular flexibility index (Phi) is 2.59. The molecule has 0 aromatic carbocycles. The van der Waals surface area contributed by atoms with Gasteiger partial charge in [-0.25, -0.2) is 4.98 Å². The third kappa shape index (κ3) is 1.67. The molecule has 0 unspecified atom stereocenters. The van der Waals surface area contributed by atoms with Crippen LogP contribution in [0.25, 0.3) is 28.3 Å². The Morgan fingerprint density at radius 3 is 2.64 bits per heavy atom. The molecule has 4 aromatic rings. The van der Waals surface area contributed by atoms with Crippen LogP contribution in [0.4, 0.5) is 0 Å². The molecule has 0 aliphatic heterocycles. The van der Waals surface area contributed by atoms with Crippen LogP contribution < -0.4 is 4.74 Å². The summed E-state index contributed by atoms with van der Waals surface area (Å²) in [5.41, 5.74) is 3.66. The molecule has 0 spiro atoms. The van der Waals surface area contributed by atoms with Crippen LogP contribution in [0.1, 0.15) is 5.69 Å². The Morgan fingerprint density at radius 1 is 1.05 bits per heavy atom. The minimum absolute atomic E-state index is 0.518. The molecule has 8 heteroatoms. The fraction of sp³-hybridized carbons (Fsp3) is 0.214. The van der Waals surface area contributed by atoms with Gasteiger partial charge in [0.1, 0.15) is 11.2 Å². The monoisotopic (exact) mass is 295 g/mol. The molecule has 0 aliphatic rings. The lowest BCUT2D eigenvalue weighted by molar-refractivity contribution is 0.399. The summed E-state index contributed by atoms with van der Waals surface area (Å²) < 4.78 is 8.87. The van der Waals surface area contributed by atoms with Gasteiger partial charge < -0.3 is 4.74 Å². The number of aromatic nitrogens is 7. The molecule has 0 atom stereocenters. The van der Waals surface area contributed by atoms with Crippen molar-refractivity contribution in [2.75, 3.05) is 7.11 Å². The quantitative estimate of drug-likeness (QED) is 0.555. The van der Waals surface area contributed by atoms with Gasteiger partial charge in [-0.1, -0.05) is 0 Å². The number of methoxy groups -OCH3 is 1. The van der Waals surface area contributed by atoms with Crippen molar-refractivity contribution in [3.05, 3.63) is 30.1 Å². The Morgan fingerprint density at radius 2 is 1.91 bits per heavy atom. The maximum Gasteiger partial charge on any atom is 0.215 e. The number of ether oxygens (including phenoxy) is 1. The van der Waals surface area contributed by atoms with Crippen LogP contribution in [0.2, 0.25) is 0 Å². The predicted octanol–water partition coefficient (Wildman–Crippen LogP) is 1.39. The van der Waals surface area contributed by atoms with E-state index < -0.39 is 0 Å². The van der Waals surface area contributed by atoms with Crippen molar-refractivity contribution in [3.63, 3.8) is 0 Å². The minimum atomic E-state index is 0.518. The molecule has 0 amide bonds. The van der Waals surface area contributed by atoms with E-state index in [2.05, 4.69) is 25.3 Å². The van der Waals surface area contributed by atoms with Gasteiger partial charge in [-0.3, -0.25) is 9.08 Å². The minimum Gasteiger partial charge on any atom is -0.481 e. The van der Waals surface area contributed by atoms with Crippen LogP contribution in [0.15, 0.2) is 24.4 Å². The molecule has 0 bridgehead atoms. The molecule has 0 radical (unpaired) electrons. The highest BCUT2D eigenvalue weighted by Crippen LogP contribution is 2.24. The van der Waals surface area contributed by atoms with Gasteiger partial charge in [-0.15, -0.1) is 10.2 Å². The standard InChI is InChI=1S/C14H13N7O/c1-8-12-19-18-9-4-5-11(22-3)17-13(9)21(12)14(16-8)10-6-7-15-20(10)2/h4-7H,1-3H3. The molecule has 4 heterocycles. The van der Waals surface area contributed by atoms with E-state index >= 15 is 0 Å². The number of imidazole rings is 1. The number of fused-ring (bicyclic) bond motifs is 3. The summed E-state index contributed by atoms with van der Waals surface area (Å²) in [6, 6.07) is 5.49. The van der Waals surface area contributed by atoms with Crippen LogP contribution in [-0.4, -0.2) is 41.5 Å². The van der Waals surface area contributed by atoms with Crippen molar-refractivity contribution in [2.45, 2.75) is 6.92 Å². The summed E-state index contributed by atoms with van der Waals surface area (Å²) in [5.74, 6) is 1.25. The van der Waals surface area contributed by atoms with Crippen LogP contribution in [0.5, 0.6) is 5.88 Å². The van der Waals surface area contributed by atoms with E-state index in [4.69, 9.17) is 4.74 Å². The third-order valence-corrected chi connectivity index (χ3v) is 3.57. The van der Waals surface area contributed by atoms with E-state index in [1.54, 1.807) is 24.1 Å². The molecule has 110 valence electrons. The zero-order valence-corrected chi connectivity index (χ0v) is 12.3. The van der Waals surface area contributed by atoms with Crippen LogP contribution in [-0.2, 0) is 7.05 Å². The van der Waals surface area contributed by atoms with Crippen molar-refractivity contribution in [1.29, 1.82) is 0 Å². The van der Waals surface area contributed by atoms with Crippen molar-refractivity contribution in [1.82, 2.24) is 34.3 Å². The zero-order valence-electron chi connectivity index (χ0n) is 12.3. The van der Waals surface area contributed by atoms with Gasteiger partial charge in [0.25, 0.3) is 0 Å². The summed E-state index contributed by atoms with van der Waals surface area (Å²) in [4.78, 5) is 9.12. The fourth-order valence-electron chi connectivity index (χ4n) is 2.48. The molecule has 4 aromatic heterocycles. The van der Waals surface area contributed by atoms with E-state index in [9.17, 15) is 0 Å². The molecule has 0 fully saturated rings. The maximum atomic E-state index is 5.22. The first-order valence-electron chi connectivity index (χ1n) is 6.74. The lowest BCUT2D eigenvalue weighted by Crippen LogP contribution is -2.02. The normalized spacial score (nSPS) is 11.4. The van der Waals surface area contributed by atoms with Gasteiger partial charge in [0.2, 0.25) is 5.88 Å². The second-order valence-electron chi connectivity index (χ2n) is 4.92. The first kappa shape index (κ1) is 12.7. The van der Waals surface area contributed by atoms with Gasteiger partial charge in [-0.2, -0.15) is 10.1 Å². The predicted molar refractivity (Wildman–Crippen MR) is 79.6 cm³/mol. The van der Waals surface area contributed by atoms with E-state index in [-0.39, 0.29) is 0 Å². The van der Waals surface area contributed by atoms with Crippen molar-refractivity contribution in [3.8, 4) is 17.4 Å². The average molecular weight is 295 g/mol. The first-order chi connectivity index (χ1) is 10.7. The summed E-state index contributed by atoms with van der Waals surface area (Å²) in [7, 11) is 3.46. The highest BCUT2D eigenvalue weighted by molar-refractivity contribution is 5.77. The Hall–Kier alpha value is -3.03. The topological polar surface area (TPSA) is 83.0 Å². The lowest BCUT2D eigenvalue weighted by Gasteiger charge is -2.05. The zero-order chi connectivity index (χ0) is 15.3. The molecule has 22 heavy (non-hydrogen) atoms. The number of hydrogen-bond acceptors (Lipinski definition) is 6. The summed E-state index contributed by atoms with van der Waals surface area (Å²) >= 11 is 0. The Balaban J connectivity index is 2.17. The van der Waals surface area contributed by atoms with E-state index in [1.165, 1.54) is 0 Å². The smallest absolute Gasteiger partial charge is 0.215 e. The van der Waals surface area contributed by atoms with Crippen molar-refractivity contribution in [2.24, 2.45) is 7.05 Å². The van der Waals surface area contributed by atoms with Crippen molar-refractivity contribution < 1.29 is 4.74 Å². The molecule has 4 rings (SSSR count). The van der Waals surface area contributed by atoms with Gasteiger partial charge in [0.15, 0.2) is 17.1 Å². The Bertz CT molecular complexity index is 1000. The molecular formula is C14H13N7O. The molecule has 0 saturated heterocycles. The lowest BCUT2D eigenvalue weighted by atomic mass is 10.4. The second-order valence-corrected chi connectivity index (χ2v) is 4.92. The number of nitrogens with zero attached hydrogens (tertiary/aromatic N) is 7. The second kappa shape index (κ2) is 4.48. The van der Waals surface area contributed by atoms with Gasteiger partial charge in [-0.05, 0) is 19.1 Å². The third-order valence-electron chi connectivity index (χ3n) is 3.57. The average Bonchev–Trinajstić information content (AvgIpc) is 3.10. The van der Waals surface area contributed by atoms with Gasteiger partial charge in [0, 0.05) is 19.3 Å². The number of aryl methyl sites for hydroxylation is 2. The molecule has 0 saturated carbocycles. The molecule has 0 N–H and O–H groups in total. The van der Waals surface area contributed by atoms with Crippen LogP contribution in [0, 0.1) is 6.92 Å². The highest BCUT2D eigenvalue weighted by atomic mass is 16.5. The molecular weight excluding hydrogens is 282 g/mol. The van der Waals surface area contributed by atoms with Crippen LogP contribution in [0.3, 0.4) is 0 Å². The maximum absolute atomic E-state index is 5.22. The molecule has 0 aliphatic carbocycles. The summed E-state index contributed by atoms with van der Waals surface area (Å²) in [6.07, 6.45) is 1.73. The number of rotatable bonds is 2. The van der Waals surface area contributed by atoms with E-state index in [0.29, 0.717) is 22.7 Å². The van der Waals surface area contributed by atoms with E-state index in [0.717, 1.165) is 17.2 Å². The largest absolute Gasteiger partial charge is 0.481 e. The summed E-state index contributed by atoms with van der Waals surface area (Å²) in [6.45, 7) is 1.90. The van der Waals surface area contributed by atoms with Gasteiger partial charge >= 0.3 is 0 Å². The first-order valence-corrected chi connectivity index (χ1v) is 6.74. The fourth-order valence-corrected chi connectivity index (χ4v) is 2.48. The van der Waals surface area contributed by atoms with Gasteiger partial charge in [0.05, 0.1) is 12.8 Å². The van der Waals surface area contributed by atoms with Crippen LogP contribution >= 0.6 is 0 Å². The Labute approximate surface area is 125 Å². The highest BCUT2D eigenvalue weighted by Gasteiger charge is 2.18. The number of hydrogen-bond donors (Lipinski definition) is 0. The molecule has 8 nitrogen and oxygen atoms in total. The van der Waals surface area contributed by atoms with E-state index in [1.807, 2.05) is 30.5 Å². The number of pyridine rings is 1.